The Balaban J connectivity index is 1.52. The number of carbonyl (C=O) groups excluding carboxylic acids is 1. The molecule has 0 unspecified atom stereocenters. The number of aromatic nitrogens is 2. The van der Waals surface area contributed by atoms with Crippen molar-refractivity contribution in [1.82, 2.24) is 14.9 Å². The van der Waals surface area contributed by atoms with Crippen LogP contribution in [0.2, 0.25) is 0 Å². The molecule has 0 radical (unpaired) electrons. The van der Waals surface area contributed by atoms with Gasteiger partial charge in [-0.1, -0.05) is 12.8 Å². The van der Waals surface area contributed by atoms with Crippen LogP contribution in [0, 0.1) is 11.7 Å². The van der Waals surface area contributed by atoms with Crippen molar-refractivity contribution in [3.63, 3.8) is 0 Å². The summed E-state index contributed by atoms with van der Waals surface area (Å²) in [6.45, 7) is 0.653. The largest absolute Gasteiger partial charge is 0.353 e. The van der Waals surface area contributed by atoms with Crippen LogP contribution in [0.1, 0.15) is 37.9 Å². The number of imidazole rings is 1. The van der Waals surface area contributed by atoms with Gasteiger partial charge in [0.2, 0.25) is 5.91 Å². The van der Waals surface area contributed by atoms with Gasteiger partial charge in [-0.05, 0) is 49.1 Å². The summed E-state index contributed by atoms with van der Waals surface area (Å²) in [5.74, 6) is 0.933. The van der Waals surface area contributed by atoms with Crippen molar-refractivity contribution in [3.05, 3.63) is 42.1 Å². The van der Waals surface area contributed by atoms with Gasteiger partial charge in [-0.25, -0.2) is 9.37 Å². The molecule has 1 atom stereocenters. The van der Waals surface area contributed by atoms with E-state index in [1.54, 1.807) is 12.1 Å². The molecule has 24 heavy (non-hydrogen) atoms. The molecule has 1 fully saturated rings. The van der Waals surface area contributed by atoms with Crippen molar-refractivity contribution in [2.45, 2.75) is 51.1 Å². The molecule has 1 aliphatic carbocycles. The summed E-state index contributed by atoms with van der Waals surface area (Å²) in [5, 5.41) is 3.22. The van der Waals surface area contributed by atoms with E-state index in [0.717, 1.165) is 42.8 Å². The van der Waals surface area contributed by atoms with E-state index in [1.807, 2.05) is 6.20 Å². The maximum atomic E-state index is 13.2. The van der Waals surface area contributed by atoms with Crippen molar-refractivity contribution < 1.29 is 9.18 Å². The fourth-order valence-electron chi connectivity index (χ4n) is 3.89. The second-order valence-corrected chi connectivity index (χ2v) is 6.90. The maximum Gasteiger partial charge on any atom is 0.225 e. The van der Waals surface area contributed by atoms with Gasteiger partial charge in [-0.15, -0.1) is 0 Å². The van der Waals surface area contributed by atoms with Gasteiger partial charge in [0, 0.05) is 19.0 Å². The topological polar surface area (TPSA) is 46.9 Å². The standard InChI is InChI=1S/C19H22FN3O/c20-15-8-5-13(6-9-15)17-11-21-18-10-7-14(12-23(17)18)19(24)22-16-3-1-2-4-16/h5-6,8-9,11,14,16H,1-4,7,10,12H2,(H,22,24)/t14-/m0/s1. The molecule has 1 aliphatic heterocycles. The van der Waals surface area contributed by atoms with Gasteiger partial charge >= 0.3 is 0 Å². The lowest BCUT2D eigenvalue weighted by atomic mass is 9.97. The van der Waals surface area contributed by atoms with Crippen molar-refractivity contribution >= 4 is 5.91 Å². The average molecular weight is 327 g/mol. The van der Waals surface area contributed by atoms with Gasteiger partial charge in [-0.3, -0.25) is 4.79 Å². The van der Waals surface area contributed by atoms with Crippen LogP contribution < -0.4 is 5.32 Å². The zero-order chi connectivity index (χ0) is 16.5. The van der Waals surface area contributed by atoms with Crippen LogP contribution in [0.4, 0.5) is 4.39 Å². The monoisotopic (exact) mass is 327 g/mol. The zero-order valence-corrected chi connectivity index (χ0v) is 13.7. The molecule has 1 N–H and O–H groups in total. The van der Waals surface area contributed by atoms with Gasteiger partial charge in [0.05, 0.1) is 17.8 Å². The van der Waals surface area contributed by atoms with E-state index >= 15 is 0 Å². The highest BCUT2D eigenvalue weighted by Gasteiger charge is 2.29. The summed E-state index contributed by atoms with van der Waals surface area (Å²) in [4.78, 5) is 17.1. The quantitative estimate of drug-likeness (QED) is 0.940. The number of nitrogens with one attached hydrogen (secondary N) is 1. The number of benzene rings is 1. The molecule has 126 valence electrons. The van der Waals surface area contributed by atoms with E-state index < -0.39 is 0 Å². The van der Waals surface area contributed by atoms with E-state index in [2.05, 4.69) is 14.9 Å². The van der Waals surface area contributed by atoms with Crippen LogP contribution in [-0.2, 0) is 17.8 Å². The molecule has 4 rings (SSSR count). The summed E-state index contributed by atoms with van der Waals surface area (Å²) < 4.78 is 15.3. The number of halogens is 1. The molecule has 1 aromatic carbocycles. The van der Waals surface area contributed by atoms with Crippen LogP contribution in [0.25, 0.3) is 11.3 Å². The molecule has 0 bridgehead atoms. The SMILES string of the molecule is O=C(NC1CCCC1)[C@H]1CCc2ncc(-c3ccc(F)cc3)n2C1. The van der Waals surface area contributed by atoms with Gasteiger partial charge in [0.25, 0.3) is 0 Å². The number of fused-ring (bicyclic) bond motifs is 1. The van der Waals surface area contributed by atoms with Crippen molar-refractivity contribution in [2.75, 3.05) is 0 Å². The molecule has 0 spiro atoms. The number of carbonyl (C=O) groups is 1. The Morgan fingerprint density at radius 3 is 2.67 bits per heavy atom. The Morgan fingerprint density at radius 1 is 1.17 bits per heavy atom. The molecular formula is C19H22FN3O. The molecule has 1 amide bonds. The van der Waals surface area contributed by atoms with Gasteiger partial charge in [0.15, 0.2) is 0 Å². The summed E-state index contributed by atoms with van der Waals surface area (Å²) in [7, 11) is 0. The minimum absolute atomic E-state index is 0.00787. The average Bonchev–Trinajstić information content (AvgIpc) is 3.24. The highest BCUT2D eigenvalue weighted by Crippen LogP contribution is 2.28. The summed E-state index contributed by atoms with van der Waals surface area (Å²) >= 11 is 0. The Bertz CT molecular complexity index is 732. The first-order chi connectivity index (χ1) is 11.7. The van der Waals surface area contributed by atoms with E-state index in [-0.39, 0.29) is 17.6 Å². The van der Waals surface area contributed by atoms with E-state index in [0.29, 0.717) is 12.6 Å². The lowest BCUT2D eigenvalue weighted by Gasteiger charge is -2.26. The summed E-state index contributed by atoms with van der Waals surface area (Å²) in [5.41, 5.74) is 1.90. The summed E-state index contributed by atoms with van der Waals surface area (Å²) in [6.07, 6.45) is 8.14. The van der Waals surface area contributed by atoms with Crippen LogP contribution in [-0.4, -0.2) is 21.5 Å². The van der Waals surface area contributed by atoms with Gasteiger partial charge in [-0.2, -0.15) is 0 Å². The minimum Gasteiger partial charge on any atom is -0.353 e. The van der Waals surface area contributed by atoms with E-state index in [1.165, 1.54) is 25.0 Å². The third-order valence-electron chi connectivity index (χ3n) is 5.27. The first-order valence-corrected chi connectivity index (χ1v) is 8.81. The first-order valence-electron chi connectivity index (χ1n) is 8.81. The molecule has 1 aromatic heterocycles. The van der Waals surface area contributed by atoms with Crippen LogP contribution in [0.3, 0.4) is 0 Å². The predicted molar refractivity (Wildman–Crippen MR) is 89.8 cm³/mol. The Morgan fingerprint density at radius 2 is 1.92 bits per heavy atom. The number of rotatable bonds is 3. The minimum atomic E-state index is -0.244. The molecular weight excluding hydrogens is 305 g/mol. The summed E-state index contributed by atoms with van der Waals surface area (Å²) in [6, 6.07) is 6.81. The molecule has 2 aromatic rings. The molecule has 1 saturated carbocycles. The van der Waals surface area contributed by atoms with Crippen LogP contribution in [0.5, 0.6) is 0 Å². The second-order valence-electron chi connectivity index (χ2n) is 6.90. The predicted octanol–water partition coefficient (Wildman–Crippen LogP) is 3.31. The Labute approximate surface area is 141 Å². The van der Waals surface area contributed by atoms with E-state index in [9.17, 15) is 9.18 Å². The third kappa shape index (κ3) is 2.95. The maximum absolute atomic E-state index is 13.2. The highest BCUT2D eigenvalue weighted by atomic mass is 19.1. The Kier molecular flexibility index (Phi) is 4.08. The zero-order valence-electron chi connectivity index (χ0n) is 13.7. The van der Waals surface area contributed by atoms with E-state index in [4.69, 9.17) is 0 Å². The van der Waals surface area contributed by atoms with Crippen molar-refractivity contribution in [3.8, 4) is 11.3 Å². The second kappa shape index (κ2) is 6.38. The lowest BCUT2D eigenvalue weighted by Crippen LogP contribution is -2.40. The van der Waals surface area contributed by atoms with Gasteiger partial charge < -0.3 is 9.88 Å². The number of hydrogen-bond acceptors (Lipinski definition) is 2. The fourth-order valence-corrected chi connectivity index (χ4v) is 3.89. The molecule has 2 aliphatic rings. The number of amides is 1. The van der Waals surface area contributed by atoms with Crippen LogP contribution in [0.15, 0.2) is 30.5 Å². The van der Waals surface area contributed by atoms with Crippen molar-refractivity contribution in [2.24, 2.45) is 5.92 Å². The highest BCUT2D eigenvalue weighted by molar-refractivity contribution is 5.79. The third-order valence-corrected chi connectivity index (χ3v) is 5.27. The normalized spacial score (nSPS) is 20.8. The molecule has 4 nitrogen and oxygen atoms in total. The smallest absolute Gasteiger partial charge is 0.225 e. The number of aryl methyl sites for hydroxylation is 1. The van der Waals surface area contributed by atoms with Gasteiger partial charge in [0.1, 0.15) is 11.6 Å². The Hall–Kier alpha value is -2.17. The number of hydrogen-bond donors (Lipinski definition) is 1. The molecule has 0 saturated heterocycles. The van der Waals surface area contributed by atoms with Crippen molar-refractivity contribution in [1.29, 1.82) is 0 Å². The molecule has 2 heterocycles. The first kappa shape index (κ1) is 15.4. The number of nitrogens with zero attached hydrogens (tertiary/aromatic N) is 2. The van der Waals surface area contributed by atoms with Crippen LogP contribution >= 0.6 is 0 Å². The molecule has 5 heteroatoms. The fraction of sp³-hybridized carbons (Fsp3) is 0.474. The lowest BCUT2D eigenvalue weighted by molar-refractivity contribution is -0.126.